The number of carbonyl (C=O) groups is 2. The number of rotatable bonds is 6. The van der Waals surface area contributed by atoms with E-state index in [0.29, 0.717) is 40.8 Å². The molecule has 0 bridgehead atoms. The standard InChI is InChI=1S/C21H20N4O4/c1-2-10-25-16-11-15(8-9-17(16)28-13-19(25)26)20-23-18(29-24-20)12-22-21(27)14-6-4-3-5-7-14/h3-9,11H,2,10,12-13H2,1H3,(H,22,27). The Kier molecular flexibility index (Phi) is 5.24. The van der Waals surface area contributed by atoms with E-state index < -0.39 is 0 Å². The number of hydrogen-bond donors (Lipinski definition) is 1. The Balaban J connectivity index is 1.50. The number of carbonyl (C=O) groups excluding carboxylic acids is 2. The molecular weight excluding hydrogens is 372 g/mol. The Labute approximate surface area is 167 Å². The van der Waals surface area contributed by atoms with Crippen molar-refractivity contribution in [2.24, 2.45) is 0 Å². The average molecular weight is 392 g/mol. The molecule has 1 aliphatic rings. The molecule has 1 aliphatic heterocycles. The van der Waals surface area contributed by atoms with Crippen LogP contribution in [-0.4, -0.2) is 35.1 Å². The van der Waals surface area contributed by atoms with Gasteiger partial charge in [0.25, 0.3) is 11.8 Å². The van der Waals surface area contributed by atoms with Gasteiger partial charge in [0.2, 0.25) is 11.7 Å². The molecule has 4 rings (SSSR count). The van der Waals surface area contributed by atoms with E-state index in [1.807, 2.05) is 25.1 Å². The molecule has 2 amide bonds. The lowest BCUT2D eigenvalue weighted by Gasteiger charge is -2.29. The number of nitrogens with one attached hydrogen (secondary N) is 1. The number of fused-ring (bicyclic) bond motifs is 1. The molecule has 148 valence electrons. The maximum atomic E-state index is 12.2. The van der Waals surface area contributed by atoms with Gasteiger partial charge in [-0.15, -0.1) is 0 Å². The molecule has 0 fully saturated rings. The highest BCUT2D eigenvalue weighted by atomic mass is 16.5. The van der Waals surface area contributed by atoms with Crippen molar-refractivity contribution in [3.05, 3.63) is 60.0 Å². The van der Waals surface area contributed by atoms with Gasteiger partial charge in [0.1, 0.15) is 5.75 Å². The molecular formula is C21H20N4O4. The molecule has 1 aromatic heterocycles. The second-order valence-corrected chi connectivity index (χ2v) is 6.58. The van der Waals surface area contributed by atoms with E-state index in [1.165, 1.54) is 0 Å². The Morgan fingerprint density at radius 2 is 2.03 bits per heavy atom. The molecule has 0 unspecified atom stereocenters. The third-order valence-corrected chi connectivity index (χ3v) is 4.51. The minimum absolute atomic E-state index is 0.0415. The number of ether oxygens (including phenoxy) is 1. The fourth-order valence-electron chi connectivity index (χ4n) is 3.10. The molecule has 8 heteroatoms. The van der Waals surface area contributed by atoms with Crippen LogP contribution in [0.4, 0.5) is 5.69 Å². The minimum Gasteiger partial charge on any atom is -0.482 e. The summed E-state index contributed by atoms with van der Waals surface area (Å²) < 4.78 is 10.8. The van der Waals surface area contributed by atoms with Crippen molar-refractivity contribution < 1.29 is 18.8 Å². The topological polar surface area (TPSA) is 97.6 Å². The van der Waals surface area contributed by atoms with Gasteiger partial charge in [-0.3, -0.25) is 9.59 Å². The summed E-state index contributed by atoms with van der Waals surface area (Å²) >= 11 is 0. The van der Waals surface area contributed by atoms with Gasteiger partial charge in [-0.05, 0) is 36.8 Å². The number of hydrogen-bond acceptors (Lipinski definition) is 6. The predicted molar refractivity (Wildman–Crippen MR) is 105 cm³/mol. The van der Waals surface area contributed by atoms with E-state index in [2.05, 4.69) is 15.5 Å². The van der Waals surface area contributed by atoms with Crippen LogP contribution in [-0.2, 0) is 11.3 Å². The van der Waals surface area contributed by atoms with Crippen LogP contribution in [0.2, 0.25) is 0 Å². The first-order valence-electron chi connectivity index (χ1n) is 9.39. The lowest BCUT2D eigenvalue weighted by molar-refractivity contribution is -0.121. The summed E-state index contributed by atoms with van der Waals surface area (Å²) in [6.45, 7) is 2.79. The molecule has 8 nitrogen and oxygen atoms in total. The monoisotopic (exact) mass is 392 g/mol. The summed E-state index contributed by atoms with van der Waals surface area (Å²) in [5, 5.41) is 6.75. The second kappa shape index (κ2) is 8.14. The molecule has 0 saturated carbocycles. The van der Waals surface area contributed by atoms with Crippen LogP contribution in [0.5, 0.6) is 5.75 Å². The largest absolute Gasteiger partial charge is 0.482 e. The molecule has 2 heterocycles. The molecule has 0 radical (unpaired) electrons. The van der Waals surface area contributed by atoms with Gasteiger partial charge in [0, 0.05) is 17.7 Å². The zero-order chi connectivity index (χ0) is 20.2. The van der Waals surface area contributed by atoms with Gasteiger partial charge in [0.15, 0.2) is 6.61 Å². The van der Waals surface area contributed by atoms with E-state index in [4.69, 9.17) is 9.26 Å². The van der Waals surface area contributed by atoms with Crippen molar-refractivity contribution in [1.82, 2.24) is 15.5 Å². The van der Waals surface area contributed by atoms with Crippen LogP contribution in [0.3, 0.4) is 0 Å². The van der Waals surface area contributed by atoms with Crippen molar-refractivity contribution in [3.63, 3.8) is 0 Å². The second-order valence-electron chi connectivity index (χ2n) is 6.58. The summed E-state index contributed by atoms with van der Waals surface area (Å²) in [5.74, 6) is 1.03. The Hall–Kier alpha value is -3.68. The normalized spacial score (nSPS) is 13.0. The number of benzene rings is 2. The third kappa shape index (κ3) is 3.96. The highest BCUT2D eigenvalue weighted by molar-refractivity contribution is 5.98. The van der Waals surface area contributed by atoms with Crippen molar-refractivity contribution in [2.75, 3.05) is 18.1 Å². The molecule has 0 atom stereocenters. The van der Waals surface area contributed by atoms with Crippen molar-refractivity contribution in [3.8, 4) is 17.1 Å². The molecule has 3 aromatic rings. The maximum absolute atomic E-state index is 12.2. The average Bonchev–Trinajstić information content (AvgIpc) is 3.23. The van der Waals surface area contributed by atoms with Crippen LogP contribution in [0.1, 0.15) is 29.6 Å². The smallest absolute Gasteiger partial charge is 0.265 e. The molecule has 0 saturated heterocycles. The number of anilines is 1. The van der Waals surface area contributed by atoms with Gasteiger partial charge in [-0.1, -0.05) is 30.3 Å². The quantitative estimate of drug-likeness (QED) is 0.693. The third-order valence-electron chi connectivity index (χ3n) is 4.51. The van der Waals surface area contributed by atoms with Crippen LogP contribution in [0, 0.1) is 0 Å². The summed E-state index contributed by atoms with van der Waals surface area (Å²) in [5.41, 5.74) is 1.96. The van der Waals surface area contributed by atoms with Crippen LogP contribution >= 0.6 is 0 Å². The molecule has 2 aromatic carbocycles. The van der Waals surface area contributed by atoms with Gasteiger partial charge in [-0.25, -0.2) is 0 Å². The predicted octanol–water partition coefficient (Wildman–Crippen LogP) is 2.80. The zero-order valence-corrected chi connectivity index (χ0v) is 15.9. The first-order chi connectivity index (χ1) is 14.2. The van der Waals surface area contributed by atoms with Crippen molar-refractivity contribution in [1.29, 1.82) is 0 Å². The van der Waals surface area contributed by atoms with E-state index in [9.17, 15) is 9.59 Å². The van der Waals surface area contributed by atoms with Gasteiger partial charge < -0.3 is 19.5 Å². The summed E-state index contributed by atoms with van der Waals surface area (Å²) in [6.07, 6.45) is 0.836. The molecule has 0 spiro atoms. The molecule has 0 aliphatic carbocycles. The Bertz CT molecular complexity index is 1030. The van der Waals surface area contributed by atoms with Crippen molar-refractivity contribution >= 4 is 17.5 Å². The van der Waals surface area contributed by atoms with Crippen LogP contribution in [0.15, 0.2) is 53.1 Å². The SMILES string of the molecule is CCCN1C(=O)COc2ccc(-c3noc(CNC(=O)c4ccccc4)n3)cc21. The molecule has 29 heavy (non-hydrogen) atoms. The van der Waals surface area contributed by atoms with Gasteiger partial charge in [-0.2, -0.15) is 4.98 Å². The summed E-state index contributed by atoms with van der Waals surface area (Å²) in [4.78, 5) is 30.4. The first kappa shape index (κ1) is 18.7. The van der Waals surface area contributed by atoms with Gasteiger partial charge >= 0.3 is 0 Å². The van der Waals surface area contributed by atoms with Gasteiger partial charge in [0.05, 0.1) is 12.2 Å². The zero-order valence-electron chi connectivity index (χ0n) is 15.9. The number of nitrogens with zero attached hydrogens (tertiary/aromatic N) is 3. The first-order valence-corrected chi connectivity index (χ1v) is 9.39. The highest BCUT2D eigenvalue weighted by Crippen LogP contribution is 2.35. The van der Waals surface area contributed by atoms with E-state index in [1.54, 1.807) is 35.2 Å². The Morgan fingerprint density at radius 1 is 1.21 bits per heavy atom. The fourth-order valence-corrected chi connectivity index (χ4v) is 3.10. The lowest BCUT2D eigenvalue weighted by Crippen LogP contribution is -2.39. The fraction of sp³-hybridized carbons (Fsp3) is 0.238. The van der Waals surface area contributed by atoms with E-state index in [-0.39, 0.29) is 25.0 Å². The maximum Gasteiger partial charge on any atom is 0.265 e. The van der Waals surface area contributed by atoms with Crippen molar-refractivity contribution in [2.45, 2.75) is 19.9 Å². The number of amides is 2. The van der Waals surface area contributed by atoms with E-state index in [0.717, 1.165) is 6.42 Å². The summed E-state index contributed by atoms with van der Waals surface area (Å²) in [7, 11) is 0. The van der Waals surface area contributed by atoms with E-state index >= 15 is 0 Å². The Morgan fingerprint density at radius 3 is 2.83 bits per heavy atom. The molecule has 1 N–H and O–H groups in total. The van der Waals surface area contributed by atoms with Crippen LogP contribution < -0.4 is 15.0 Å². The highest BCUT2D eigenvalue weighted by Gasteiger charge is 2.25. The minimum atomic E-state index is -0.218. The van der Waals surface area contributed by atoms with Crippen LogP contribution in [0.25, 0.3) is 11.4 Å². The number of aromatic nitrogens is 2. The summed E-state index contributed by atoms with van der Waals surface area (Å²) in [6, 6.07) is 14.3. The lowest BCUT2D eigenvalue weighted by atomic mass is 10.1.